The van der Waals surface area contributed by atoms with Crippen LogP contribution in [0.5, 0.6) is 0 Å². The highest BCUT2D eigenvalue weighted by Gasteiger charge is 2.55. The van der Waals surface area contributed by atoms with Crippen LogP contribution in [0.25, 0.3) is 0 Å². The van der Waals surface area contributed by atoms with Crippen LogP contribution >= 0.6 is 23.1 Å². The number of nitrogens with zero attached hydrogens (tertiary/aromatic N) is 4. The van der Waals surface area contributed by atoms with Gasteiger partial charge in [0.15, 0.2) is 10.8 Å². The Morgan fingerprint density at radius 1 is 1.47 bits per heavy atom. The van der Waals surface area contributed by atoms with Gasteiger partial charge in [-0.15, -0.1) is 23.1 Å². The summed E-state index contributed by atoms with van der Waals surface area (Å²) in [7, 11) is 3.35. The molecule has 4 heterocycles. The van der Waals surface area contributed by atoms with Crippen LogP contribution in [0, 0.1) is 5.92 Å². The summed E-state index contributed by atoms with van der Waals surface area (Å²) in [6, 6.07) is -0.910. The zero-order valence-corrected chi connectivity index (χ0v) is 21.4. The maximum absolute atomic E-state index is 13.0. The summed E-state index contributed by atoms with van der Waals surface area (Å²) in [6.45, 7) is 2.74. The molecule has 36 heavy (non-hydrogen) atoms. The number of quaternary nitrogens is 1. The molecule has 1 aromatic heterocycles. The minimum absolute atomic E-state index is 0.0128. The molecule has 0 radical (unpaired) electrons. The number of thioether (sulfide) groups is 1. The topological polar surface area (TPSA) is 176 Å². The van der Waals surface area contributed by atoms with Gasteiger partial charge in [0.05, 0.1) is 20.1 Å². The molecular formula is C21H28N7O6S2+. The number of nitrogens with two attached hydrogens (primary N) is 1. The number of hydrogen-bond donors (Lipinski definition) is 4. The third-order valence-corrected chi connectivity index (χ3v) is 8.55. The number of aromatic nitrogens is 1. The minimum atomic E-state index is -1.17. The van der Waals surface area contributed by atoms with Gasteiger partial charge < -0.3 is 30.8 Å². The predicted octanol–water partition coefficient (Wildman–Crippen LogP) is -0.973. The molecule has 0 bridgehead atoms. The third kappa shape index (κ3) is 5.03. The fraction of sp³-hybridized carbons (Fsp3) is 0.524. The van der Waals surface area contributed by atoms with Crippen molar-refractivity contribution in [3.8, 4) is 0 Å². The first kappa shape index (κ1) is 25.9. The third-order valence-electron chi connectivity index (χ3n) is 6.54. The van der Waals surface area contributed by atoms with E-state index in [0.29, 0.717) is 41.2 Å². The summed E-state index contributed by atoms with van der Waals surface area (Å²) in [4.78, 5) is 58.9. The highest BCUT2D eigenvalue weighted by atomic mass is 32.2. The monoisotopic (exact) mass is 538 g/mol. The fourth-order valence-corrected chi connectivity index (χ4v) is 6.88. The van der Waals surface area contributed by atoms with E-state index >= 15 is 0 Å². The molecule has 3 aliphatic heterocycles. The van der Waals surface area contributed by atoms with E-state index in [0.717, 1.165) is 30.8 Å². The number of carboxylic acid groups (broad SMARTS) is 1. The van der Waals surface area contributed by atoms with E-state index in [9.17, 15) is 24.3 Å². The Hall–Kier alpha value is -3.17. The number of carboxylic acids is 1. The van der Waals surface area contributed by atoms with Gasteiger partial charge in [0.1, 0.15) is 36.5 Å². The van der Waals surface area contributed by atoms with Crippen LogP contribution in [0.3, 0.4) is 0 Å². The number of likely N-dealkylation sites (N-methyl/N-ethyl adjacent to an activating group) is 1. The van der Waals surface area contributed by atoms with Crippen molar-refractivity contribution in [3.05, 3.63) is 22.3 Å². The number of likely N-dealkylation sites (tertiary alicyclic amines) is 1. The molecule has 4 rings (SSSR count). The molecule has 0 aromatic carbocycles. The van der Waals surface area contributed by atoms with Crippen LogP contribution < -0.4 is 16.4 Å². The van der Waals surface area contributed by atoms with E-state index in [1.165, 1.54) is 23.8 Å². The highest BCUT2D eigenvalue weighted by Crippen LogP contribution is 2.41. The van der Waals surface area contributed by atoms with Gasteiger partial charge in [0.2, 0.25) is 6.41 Å². The summed E-state index contributed by atoms with van der Waals surface area (Å²) in [6.07, 6.45) is 1.61. The average Bonchev–Trinajstić information content (AvgIpc) is 3.44. The van der Waals surface area contributed by atoms with Crippen LogP contribution in [0.4, 0.5) is 5.13 Å². The maximum Gasteiger partial charge on any atom is 0.352 e. The highest BCUT2D eigenvalue weighted by molar-refractivity contribution is 8.00. The number of carbonyl (C=O) groups excluding carboxylic acids is 3. The lowest BCUT2D eigenvalue weighted by atomic mass is 10.0. The summed E-state index contributed by atoms with van der Waals surface area (Å²) in [5.41, 5.74) is 6.42. The number of aliphatic carboxylic acids is 1. The van der Waals surface area contributed by atoms with Gasteiger partial charge in [0.25, 0.3) is 11.8 Å². The van der Waals surface area contributed by atoms with Crippen molar-refractivity contribution in [1.29, 1.82) is 0 Å². The average molecular weight is 539 g/mol. The smallest absolute Gasteiger partial charge is 0.352 e. The number of amides is 3. The molecular weight excluding hydrogens is 510 g/mol. The van der Waals surface area contributed by atoms with Gasteiger partial charge >= 0.3 is 5.97 Å². The second-order valence-corrected chi connectivity index (χ2v) is 11.2. The Kier molecular flexibility index (Phi) is 7.51. The molecule has 5 N–H and O–H groups in total. The molecule has 3 amide bonds. The van der Waals surface area contributed by atoms with Crippen molar-refractivity contribution in [3.63, 3.8) is 0 Å². The van der Waals surface area contributed by atoms with E-state index in [1.807, 2.05) is 0 Å². The molecule has 2 unspecified atom stereocenters. The number of β-lactam (4-membered cyclic amide) rings is 1. The molecule has 1 aromatic rings. The van der Waals surface area contributed by atoms with Crippen LogP contribution in [0.2, 0.25) is 0 Å². The minimum Gasteiger partial charge on any atom is -0.477 e. The van der Waals surface area contributed by atoms with E-state index in [1.54, 1.807) is 5.38 Å². The molecule has 13 nitrogen and oxygen atoms in total. The van der Waals surface area contributed by atoms with Crippen LogP contribution in [-0.2, 0) is 24.0 Å². The van der Waals surface area contributed by atoms with Gasteiger partial charge in [-0.3, -0.25) is 19.3 Å². The first-order valence-electron chi connectivity index (χ1n) is 11.2. The van der Waals surface area contributed by atoms with Crippen LogP contribution in [0.1, 0.15) is 12.1 Å². The number of carbonyl (C=O) groups is 4. The van der Waals surface area contributed by atoms with Crippen molar-refractivity contribution in [2.24, 2.45) is 11.1 Å². The van der Waals surface area contributed by atoms with Gasteiger partial charge in [-0.25, -0.2) is 9.78 Å². The number of thiazole rings is 1. The van der Waals surface area contributed by atoms with Crippen molar-refractivity contribution in [1.82, 2.24) is 20.5 Å². The molecule has 3 aliphatic rings. The standard InChI is InChI=1S/C21H27N7O6S2/c1-28(4-3-11(6-28)5-23-10-29)7-12-8-35-19-15(18(31)27(19)16(12)20(32)33)25-17(30)14(26-34-2)13-9-36-21(22)24-13/h9-11,15,19H,3-8H2,1-2H3,(H4-,22,23,24,25,29,30,32,33)/p+1/b26-14-/t11?,15-,19-,28?/m1/s1. The fourth-order valence-electron chi connectivity index (χ4n) is 4.99. The molecule has 0 saturated carbocycles. The van der Waals surface area contributed by atoms with E-state index in [2.05, 4.69) is 27.8 Å². The number of anilines is 1. The molecule has 0 aliphatic carbocycles. The second-order valence-electron chi connectivity index (χ2n) is 9.18. The maximum atomic E-state index is 13.0. The van der Waals surface area contributed by atoms with Gasteiger partial charge in [-0.05, 0) is 0 Å². The quantitative estimate of drug-likeness (QED) is 0.0959. The summed E-state index contributed by atoms with van der Waals surface area (Å²) in [5, 5.41) is 20.3. The summed E-state index contributed by atoms with van der Waals surface area (Å²) in [5.74, 6) is -1.59. The Morgan fingerprint density at radius 2 is 2.25 bits per heavy atom. The lowest BCUT2D eigenvalue weighted by molar-refractivity contribution is -0.894. The lowest BCUT2D eigenvalue weighted by Gasteiger charge is -2.49. The number of nitrogens with one attached hydrogen (secondary N) is 2. The molecule has 0 spiro atoms. The number of rotatable bonds is 10. The number of nitrogen functional groups attached to an aromatic ring is 1. The molecule has 2 saturated heterocycles. The zero-order chi connectivity index (χ0) is 26.0. The van der Waals surface area contributed by atoms with Gasteiger partial charge in [0, 0.05) is 35.6 Å². The Labute approximate surface area is 215 Å². The number of oxime groups is 1. The number of fused-ring (bicyclic) bond motifs is 1. The Morgan fingerprint density at radius 3 is 2.89 bits per heavy atom. The van der Waals surface area contributed by atoms with E-state index in [-0.39, 0.29) is 22.2 Å². The van der Waals surface area contributed by atoms with Crippen molar-refractivity contribution in [2.75, 3.05) is 51.8 Å². The van der Waals surface area contributed by atoms with Gasteiger partial charge in [-0.1, -0.05) is 5.16 Å². The number of hydrogen-bond acceptors (Lipinski definition) is 10. The first-order valence-corrected chi connectivity index (χ1v) is 13.1. The largest absolute Gasteiger partial charge is 0.477 e. The van der Waals surface area contributed by atoms with Crippen molar-refractivity contribution < 1.29 is 33.6 Å². The van der Waals surface area contributed by atoms with E-state index in [4.69, 9.17) is 10.6 Å². The normalized spacial score (nSPS) is 27.8. The van der Waals surface area contributed by atoms with Gasteiger partial charge in [-0.2, -0.15) is 0 Å². The lowest BCUT2D eigenvalue weighted by Crippen LogP contribution is -2.71. The first-order chi connectivity index (χ1) is 17.2. The predicted molar refractivity (Wildman–Crippen MR) is 133 cm³/mol. The molecule has 4 atom stereocenters. The summed E-state index contributed by atoms with van der Waals surface area (Å²) >= 11 is 2.55. The van der Waals surface area contributed by atoms with Crippen LogP contribution in [0.15, 0.2) is 21.8 Å². The van der Waals surface area contributed by atoms with Crippen molar-refractivity contribution in [2.45, 2.75) is 17.8 Å². The Bertz CT molecular complexity index is 1140. The van der Waals surface area contributed by atoms with Crippen LogP contribution in [-0.4, -0.2) is 107 Å². The SMILES string of the molecule is CO/N=C(\C(=O)N[C@@H]1C(=O)N2C(C(=O)O)=C(C[N+]3(C)CCC(CNC=O)C3)CS[C@H]12)c1csc(N)n1. The van der Waals surface area contributed by atoms with E-state index < -0.39 is 29.2 Å². The Balaban J connectivity index is 1.48. The zero-order valence-electron chi connectivity index (χ0n) is 19.8. The molecule has 15 heteroatoms. The molecule has 2 fully saturated rings. The summed E-state index contributed by atoms with van der Waals surface area (Å²) < 4.78 is 0.637. The van der Waals surface area contributed by atoms with Crippen molar-refractivity contribution >= 4 is 58.1 Å². The second kappa shape index (κ2) is 10.4. The molecule has 194 valence electrons.